The van der Waals surface area contributed by atoms with Crippen molar-refractivity contribution in [1.29, 1.82) is 0 Å². The number of hydrogen-bond acceptors (Lipinski definition) is 6. The molecular formula is C14H15NO5. The number of ether oxygens (including phenoxy) is 4. The summed E-state index contributed by atoms with van der Waals surface area (Å²) in [7, 11) is 0. The molecule has 0 saturated carbocycles. The highest BCUT2D eigenvalue weighted by atomic mass is 16.7. The van der Waals surface area contributed by atoms with Gasteiger partial charge in [0, 0.05) is 0 Å². The monoisotopic (exact) mass is 277 g/mol. The summed E-state index contributed by atoms with van der Waals surface area (Å²) < 4.78 is 28.2. The molecule has 0 spiro atoms. The first kappa shape index (κ1) is 12.3. The van der Waals surface area contributed by atoms with Gasteiger partial charge in [-0.25, -0.2) is 4.98 Å². The van der Waals surface area contributed by atoms with Crippen molar-refractivity contribution in [2.24, 2.45) is 0 Å². The maximum absolute atomic E-state index is 5.82. The van der Waals surface area contributed by atoms with Crippen molar-refractivity contribution in [3.05, 3.63) is 30.2 Å². The fraction of sp³-hybridized carbons (Fsp3) is 0.500. The summed E-state index contributed by atoms with van der Waals surface area (Å²) in [6, 6.07) is 7.63. The van der Waals surface area contributed by atoms with Crippen molar-refractivity contribution in [2.45, 2.75) is 18.5 Å². The minimum absolute atomic E-state index is 0.313. The van der Waals surface area contributed by atoms with Gasteiger partial charge in [0.05, 0.1) is 26.4 Å². The van der Waals surface area contributed by atoms with Crippen LogP contribution < -0.4 is 0 Å². The Bertz CT molecular complexity index is 537. The Morgan fingerprint density at radius 3 is 2.10 bits per heavy atom. The Balaban J connectivity index is 1.71. The van der Waals surface area contributed by atoms with Gasteiger partial charge in [-0.1, -0.05) is 12.1 Å². The highest BCUT2D eigenvalue weighted by molar-refractivity contribution is 5.72. The summed E-state index contributed by atoms with van der Waals surface area (Å²) in [6.45, 7) is 2.25. The summed E-state index contributed by atoms with van der Waals surface area (Å²) in [5.74, 6) is 0.220. The summed E-state index contributed by atoms with van der Waals surface area (Å²) >= 11 is 0. The zero-order chi connectivity index (χ0) is 13.4. The van der Waals surface area contributed by atoms with Crippen molar-refractivity contribution >= 4 is 11.1 Å². The number of benzene rings is 1. The molecule has 0 atom stereocenters. The molecule has 6 nitrogen and oxygen atoms in total. The number of oxazole rings is 1. The number of hydrogen-bond donors (Lipinski definition) is 0. The van der Waals surface area contributed by atoms with E-state index >= 15 is 0 Å². The van der Waals surface area contributed by atoms with Gasteiger partial charge in [-0.15, -0.1) is 0 Å². The fourth-order valence-corrected chi connectivity index (χ4v) is 2.56. The van der Waals surface area contributed by atoms with E-state index in [4.69, 9.17) is 23.4 Å². The summed E-state index contributed by atoms with van der Waals surface area (Å²) in [6.07, 6.45) is -0.877. The second-order valence-corrected chi connectivity index (χ2v) is 4.77. The maximum atomic E-state index is 5.82. The summed E-state index contributed by atoms with van der Waals surface area (Å²) in [5.41, 5.74) is 1.55. The summed E-state index contributed by atoms with van der Waals surface area (Å²) in [5, 5.41) is 0. The van der Waals surface area contributed by atoms with Crippen LogP contribution in [0.5, 0.6) is 0 Å². The Kier molecular flexibility index (Phi) is 3.16. The lowest BCUT2D eigenvalue weighted by atomic mass is 10.1. The number of aromatic nitrogens is 1. The van der Waals surface area contributed by atoms with Crippen LogP contribution in [0.15, 0.2) is 28.7 Å². The number of fused-ring (bicyclic) bond motifs is 1. The predicted molar refractivity (Wildman–Crippen MR) is 68.1 cm³/mol. The molecule has 2 saturated heterocycles. The third kappa shape index (κ3) is 2.10. The van der Waals surface area contributed by atoms with Gasteiger partial charge in [-0.3, -0.25) is 0 Å². The molecule has 3 heterocycles. The van der Waals surface area contributed by atoms with Crippen LogP contribution in [0, 0.1) is 0 Å². The second-order valence-electron chi connectivity index (χ2n) is 4.77. The SMILES string of the molecule is c1ccc2oc(C(C3OCCO3)C3OCCO3)nc2c1. The molecule has 2 fully saturated rings. The second kappa shape index (κ2) is 5.14. The molecule has 2 aliphatic heterocycles. The van der Waals surface area contributed by atoms with Crippen LogP contribution in [-0.2, 0) is 18.9 Å². The third-order valence-electron chi connectivity index (χ3n) is 3.48. The molecule has 106 valence electrons. The lowest BCUT2D eigenvalue weighted by Gasteiger charge is -2.23. The van der Waals surface area contributed by atoms with E-state index in [0.717, 1.165) is 11.1 Å². The fourth-order valence-electron chi connectivity index (χ4n) is 2.56. The van der Waals surface area contributed by atoms with Gasteiger partial charge in [0.1, 0.15) is 11.4 Å². The van der Waals surface area contributed by atoms with E-state index in [1.165, 1.54) is 0 Å². The van der Waals surface area contributed by atoms with E-state index in [0.29, 0.717) is 32.3 Å². The van der Waals surface area contributed by atoms with Crippen LogP contribution in [-0.4, -0.2) is 44.0 Å². The highest BCUT2D eigenvalue weighted by Crippen LogP contribution is 2.34. The van der Waals surface area contributed by atoms with Crippen LogP contribution >= 0.6 is 0 Å². The first-order valence-electron chi connectivity index (χ1n) is 6.74. The van der Waals surface area contributed by atoms with Crippen molar-refractivity contribution < 1.29 is 23.4 Å². The molecule has 0 amide bonds. The smallest absolute Gasteiger partial charge is 0.208 e. The molecule has 2 aliphatic rings. The van der Waals surface area contributed by atoms with E-state index in [9.17, 15) is 0 Å². The third-order valence-corrected chi connectivity index (χ3v) is 3.48. The lowest BCUT2D eigenvalue weighted by Crippen LogP contribution is -2.31. The van der Waals surface area contributed by atoms with Crippen molar-refractivity contribution in [3.8, 4) is 0 Å². The van der Waals surface area contributed by atoms with E-state index in [1.807, 2.05) is 24.3 Å². The predicted octanol–water partition coefficient (Wildman–Crippen LogP) is 1.66. The minimum Gasteiger partial charge on any atom is -0.440 e. The van der Waals surface area contributed by atoms with Crippen molar-refractivity contribution in [3.63, 3.8) is 0 Å². The normalized spacial score (nSPS) is 21.4. The molecule has 4 rings (SSSR count). The first-order valence-corrected chi connectivity index (χ1v) is 6.74. The largest absolute Gasteiger partial charge is 0.440 e. The van der Waals surface area contributed by atoms with Gasteiger partial charge in [-0.2, -0.15) is 0 Å². The van der Waals surface area contributed by atoms with Crippen LogP contribution in [0.1, 0.15) is 11.8 Å². The molecule has 0 unspecified atom stereocenters. The van der Waals surface area contributed by atoms with Crippen molar-refractivity contribution in [2.75, 3.05) is 26.4 Å². The topological polar surface area (TPSA) is 63.0 Å². The van der Waals surface area contributed by atoms with Gasteiger partial charge in [0.2, 0.25) is 5.89 Å². The lowest BCUT2D eigenvalue weighted by molar-refractivity contribution is -0.150. The number of para-hydroxylation sites is 2. The molecule has 1 aromatic heterocycles. The molecular weight excluding hydrogens is 262 g/mol. The molecule has 20 heavy (non-hydrogen) atoms. The highest BCUT2D eigenvalue weighted by Gasteiger charge is 2.41. The van der Waals surface area contributed by atoms with Gasteiger partial charge in [0.25, 0.3) is 0 Å². The minimum atomic E-state index is -0.439. The molecule has 0 aliphatic carbocycles. The van der Waals surface area contributed by atoms with Gasteiger partial charge in [-0.05, 0) is 12.1 Å². The average molecular weight is 277 g/mol. The molecule has 0 N–H and O–H groups in total. The van der Waals surface area contributed by atoms with Crippen LogP contribution in [0.4, 0.5) is 0 Å². The van der Waals surface area contributed by atoms with Crippen LogP contribution in [0.25, 0.3) is 11.1 Å². The van der Waals surface area contributed by atoms with Gasteiger partial charge >= 0.3 is 0 Å². The maximum Gasteiger partial charge on any atom is 0.208 e. The molecule has 1 aromatic carbocycles. The zero-order valence-corrected chi connectivity index (χ0v) is 10.9. The molecule has 0 bridgehead atoms. The quantitative estimate of drug-likeness (QED) is 0.850. The summed E-state index contributed by atoms with van der Waals surface area (Å²) in [4.78, 5) is 4.52. The van der Waals surface area contributed by atoms with E-state index in [1.54, 1.807) is 0 Å². The molecule has 6 heteroatoms. The van der Waals surface area contributed by atoms with E-state index in [-0.39, 0.29) is 5.92 Å². The van der Waals surface area contributed by atoms with Gasteiger partial charge in [0.15, 0.2) is 18.2 Å². The first-order chi connectivity index (χ1) is 9.92. The Morgan fingerprint density at radius 1 is 0.900 bits per heavy atom. The Hall–Kier alpha value is -1.47. The van der Waals surface area contributed by atoms with Crippen molar-refractivity contribution in [1.82, 2.24) is 4.98 Å². The Labute approximate surface area is 115 Å². The molecule has 0 radical (unpaired) electrons. The molecule has 2 aromatic rings. The standard InChI is InChI=1S/C14H15NO5/c1-2-4-10-9(3-1)15-12(20-10)11(13-16-5-6-17-13)14-18-7-8-19-14/h1-4,11,13-14H,5-8H2. The zero-order valence-electron chi connectivity index (χ0n) is 10.9. The average Bonchev–Trinajstić information content (AvgIpc) is 3.21. The van der Waals surface area contributed by atoms with E-state index < -0.39 is 12.6 Å². The number of nitrogens with zero attached hydrogens (tertiary/aromatic N) is 1. The van der Waals surface area contributed by atoms with Crippen LogP contribution in [0.2, 0.25) is 0 Å². The van der Waals surface area contributed by atoms with E-state index in [2.05, 4.69) is 4.98 Å². The van der Waals surface area contributed by atoms with Crippen LogP contribution in [0.3, 0.4) is 0 Å². The number of rotatable bonds is 3. The Morgan fingerprint density at radius 2 is 1.50 bits per heavy atom. The van der Waals surface area contributed by atoms with Gasteiger partial charge < -0.3 is 23.4 Å².